The normalized spacial score (nSPS) is 10.6. The fourth-order valence-electron chi connectivity index (χ4n) is 1.55. The van der Waals surface area contributed by atoms with Crippen LogP contribution in [0.5, 0.6) is 0 Å². The lowest BCUT2D eigenvalue weighted by atomic mass is 10.3. The second-order valence-corrected chi connectivity index (χ2v) is 3.65. The van der Waals surface area contributed by atoms with Crippen LogP contribution in [0.2, 0.25) is 0 Å². The van der Waals surface area contributed by atoms with Crippen LogP contribution < -0.4 is 0 Å². The number of hydrogen-bond acceptors (Lipinski definition) is 3. The maximum Gasteiger partial charge on any atom is 0.339 e. The molecule has 84 valence electrons. The molecular formula is C10H12N4O2. The number of hydrogen-bond donors (Lipinski definition) is 1. The molecule has 0 saturated carbocycles. The molecule has 0 aliphatic carbocycles. The third-order valence-corrected chi connectivity index (χ3v) is 2.28. The highest BCUT2D eigenvalue weighted by Crippen LogP contribution is 2.07. The molecule has 0 amide bonds. The standard InChI is InChI=1S/C10H12N4O2/c1-7-9(10(15)16)6-14(12-7)5-8-3-11-13(2)4-8/h3-4,6H,5H2,1-2H3,(H,15,16). The molecule has 0 aliphatic rings. The van der Waals surface area contributed by atoms with Gasteiger partial charge in [-0.1, -0.05) is 0 Å². The fourth-order valence-corrected chi connectivity index (χ4v) is 1.55. The second-order valence-electron chi connectivity index (χ2n) is 3.65. The molecule has 0 bridgehead atoms. The summed E-state index contributed by atoms with van der Waals surface area (Å²) in [7, 11) is 1.83. The van der Waals surface area contributed by atoms with Crippen molar-refractivity contribution in [3.8, 4) is 0 Å². The average Bonchev–Trinajstić information content (AvgIpc) is 2.73. The van der Waals surface area contributed by atoms with E-state index < -0.39 is 5.97 Å². The van der Waals surface area contributed by atoms with Gasteiger partial charge in [0.05, 0.1) is 18.4 Å². The van der Waals surface area contributed by atoms with Crippen molar-refractivity contribution in [1.29, 1.82) is 0 Å². The minimum atomic E-state index is -0.949. The van der Waals surface area contributed by atoms with Crippen molar-refractivity contribution in [1.82, 2.24) is 19.6 Å². The topological polar surface area (TPSA) is 72.9 Å². The molecule has 2 aromatic heterocycles. The van der Waals surface area contributed by atoms with E-state index in [1.807, 2.05) is 13.2 Å². The first-order valence-electron chi connectivity index (χ1n) is 4.81. The van der Waals surface area contributed by atoms with E-state index in [9.17, 15) is 4.79 Å². The molecule has 0 radical (unpaired) electrons. The molecule has 0 atom stereocenters. The van der Waals surface area contributed by atoms with Crippen LogP contribution in [0, 0.1) is 6.92 Å². The summed E-state index contributed by atoms with van der Waals surface area (Å²) in [4.78, 5) is 10.8. The van der Waals surface area contributed by atoms with E-state index in [4.69, 9.17) is 5.11 Å². The van der Waals surface area contributed by atoms with E-state index in [2.05, 4.69) is 10.2 Å². The monoisotopic (exact) mass is 220 g/mol. The van der Waals surface area contributed by atoms with Crippen LogP contribution >= 0.6 is 0 Å². The summed E-state index contributed by atoms with van der Waals surface area (Å²) < 4.78 is 3.31. The summed E-state index contributed by atoms with van der Waals surface area (Å²) in [5.41, 5.74) is 1.75. The number of aryl methyl sites for hydroxylation is 2. The Balaban J connectivity index is 2.22. The summed E-state index contributed by atoms with van der Waals surface area (Å²) in [5.74, 6) is -0.949. The van der Waals surface area contributed by atoms with E-state index in [0.29, 0.717) is 12.2 Å². The van der Waals surface area contributed by atoms with Gasteiger partial charge in [-0.05, 0) is 6.92 Å². The highest BCUT2D eigenvalue weighted by Gasteiger charge is 2.11. The molecule has 0 fully saturated rings. The van der Waals surface area contributed by atoms with Crippen molar-refractivity contribution >= 4 is 5.97 Å². The third kappa shape index (κ3) is 1.95. The van der Waals surface area contributed by atoms with Gasteiger partial charge in [0.15, 0.2) is 0 Å². The summed E-state index contributed by atoms with van der Waals surface area (Å²) in [5, 5.41) is 17.1. The van der Waals surface area contributed by atoms with Gasteiger partial charge >= 0.3 is 5.97 Å². The Kier molecular flexibility index (Phi) is 2.47. The molecule has 0 unspecified atom stereocenters. The first-order chi connectivity index (χ1) is 7.56. The van der Waals surface area contributed by atoms with Crippen molar-refractivity contribution in [3.63, 3.8) is 0 Å². The number of carbonyl (C=O) groups is 1. The molecule has 1 N–H and O–H groups in total. The van der Waals surface area contributed by atoms with Gasteiger partial charge in [0.25, 0.3) is 0 Å². The molecule has 0 saturated heterocycles. The maximum absolute atomic E-state index is 10.8. The van der Waals surface area contributed by atoms with Gasteiger partial charge in [-0.3, -0.25) is 9.36 Å². The van der Waals surface area contributed by atoms with Gasteiger partial charge in [0, 0.05) is 25.0 Å². The zero-order valence-corrected chi connectivity index (χ0v) is 9.08. The zero-order valence-electron chi connectivity index (χ0n) is 9.08. The van der Waals surface area contributed by atoms with Crippen LogP contribution in [0.25, 0.3) is 0 Å². The number of nitrogens with zero attached hydrogens (tertiary/aromatic N) is 4. The van der Waals surface area contributed by atoms with Crippen LogP contribution in [-0.4, -0.2) is 30.6 Å². The summed E-state index contributed by atoms with van der Waals surface area (Å²) in [6.07, 6.45) is 5.14. The zero-order chi connectivity index (χ0) is 11.7. The molecule has 6 heteroatoms. The summed E-state index contributed by atoms with van der Waals surface area (Å²) in [6, 6.07) is 0. The maximum atomic E-state index is 10.8. The van der Waals surface area contributed by atoms with Crippen LogP contribution in [0.1, 0.15) is 21.6 Å². The molecule has 16 heavy (non-hydrogen) atoms. The fraction of sp³-hybridized carbons (Fsp3) is 0.300. The Morgan fingerprint density at radius 2 is 2.25 bits per heavy atom. The number of carboxylic acid groups (broad SMARTS) is 1. The molecule has 0 spiro atoms. The smallest absolute Gasteiger partial charge is 0.339 e. The molecule has 6 nitrogen and oxygen atoms in total. The molecular weight excluding hydrogens is 208 g/mol. The van der Waals surface area contributed by atoms with Crippen molar-refractivity contribution in [2.75, 3.05) is 0 Å². The Morgan fingerprint density at radius 3 is 2.75 bits per heavy atom. The lowest BCUT2D eigenvalue weighted by molar-refractivity contribution is 0.0696. The van der Waals surface area contributed by atoms with Gasteiger partial charge < -0.3 is 5.11 Å². The number of rotatable bonds is 3. The number of aromatic nitrogens is 4. The highest BCUT2D eigenvalue weighted by atomic mass is 16.4. The number of aromatic carboxylic acids is 1. The minimum absolute atomic E-state index is 0.240. The first kappa shape index (κ1) is 10.4. The SMILES string of the molecule is Cc1nn(Cc2cnn(C)c2)cc1C(=O)O. The molecule has 0 aromatic carbocycles. The van der Waals surface area contributed by atoms with Crippen molar-refractivity contribution < 1.29 is 9.90 Å². The Morgan fingerprint density at radius 1 is 1.50 bits per heavy atom. The van der Waals surface area contributed by atoms with E-state index in [-0.39, 0.29) is 5.56 Å². The van der Waals surface area contributed by atoms with Crippen LogP contribution in [-0.2, 0) is 13.6 Å². The minimum Gasteiger partial charge on any atom is -0.478 e. The molecule has 2 heterocycles. The average molecular weight is 220 g/mol. The van der Waals surface area contributed by atoms with E-state index in [0.717, 1.165) is 5.56 Å². The first-order valence-corrected chi connectivity index (χ1v) is 4.81. The highest BCUT2D eigenvalue weighted by molar-refractivity contribution is 5.88. The van der Waals surface area contributed by atoms with E-state index in [1.165, 1.54) is 6.20 Å². The summed E-state index contributed by atoms with van der Waals surface area (Å²) >= 11 is 0. The van der Waals surface area contributed by atoms with Gasteiger partial charge in [-0.25, -0.2) is 4.79 Å². The lowest BCUT2D eigenvalue weighted by Gasteiger charge is -1.96. The van der Waals surface area contributed by atoms with Gasteiger partial charge in [0.1, 0.15) is 5.56 Å². The Bertz CT molecular complexity index is 527. The largest absolute Gasteiger partial charge is 0.478 e. The van der Waals surface area contributed by atoms with E-state index >= 15 is 0 Å². The lowest BCUT2D eigenvalue weighted by Crippen LogP contribution is -1.99. The Hall–Kier alpha value is -2.11. The third-order valence-electron chi connectivity index (χ3n) is 2.28. The summed E-state index contributed by atoms with van der Waals surface area (Å²) in [6.45, 7) is 2.21. The predicted molar refractivity (Wildman–Crippen MR) is 56.2 cm³/mol. The Labute approximate surface area is 92.1 Å². The van der Waals surface area contributed by atoms with Crippen molar-refractivity contribution in [2.24, 2.45) is 7.05 Å². The van der Waals surface area contributed by atoms with Crippen molar-refractivity contribution in [3.05, 3.63) is 35.4 Å². The van der Waals surface area contributed by atoms with Crippen LogP contribution in [0.15, 0.2) is 18.6 Å². The van der Waals surface area contributed by atoms with Gasteiger partial charge in [-0.15, -0.1) is 0 Å². The molecule has 2 aromatic rings. The number of carboxylic acids is 1. The molecule has 0 aliphatic heterocycles. The van der Waals surface area contributed by atoms with Gasteiger partial charge in [-0.2, -0.15) is 10.2 Å². The van der Waals surface area contributed by atoms with E-state index in [1.54, 1.807) is 22.5 Å². The van der Waals surface area contributed by atoms with Crippen molar-refractivity contribution in [2.45, 2.75) is 13.5 Å². The second kappa shape index (κ2) is 3.80. The van der Waals surface area contributed by atoms with Crippen LogP contribution in [0.3, 0.4) is 0 Å². The quantitative estimate of drug-likeness (QED) is 0.825. The predicted octanol–water partition coefficient (Wildman–Crippen LogP) is 0.672. The van der Waals surface area contributed by atoms with Gasteiger partial charge in [0.2, 0.25) is 0 Å². The molecule has 2 rings (SSSR count). The van der Waals surface area contributed by atoms with Crippen LogP contribution in [0.4, 0.5) is 0 Å².